The molecule has 0 radical (unpaired) electrons. The van der Waals surface area contributed by atoms with E-state index in [0.717, 1.165) is 10.9 Å². The van der Waals surface area contributed by atoms with Crippen LogP contribution in [0.15, 0.2) is 85.1 Å². The van der Waals surface area contributed by atoms with E-state index in [2.05, 4.69) is 65.6 Å². The molecule has 0 aliphatic carbocycles. The number of hydrogen-bond donors (Lipinski definition) is 0. The van der Waals surface area contributed by atoms with E-state index in [0.29, 0.717) is 5.69 Å². The second-order valence-corrected chi connectivity index (χ2v) is 6.21. The largest absolute Gasteiger partial charge is 0.256 e. The number of pyridine rings is 1. The van der Waals surface area contributed by atoms with Crippen molar-refractivity contribution in [2.24, 2.45) is 0 Å². The molecule has 0 unspecified atom stereocenters. The van der Waals surface area contributed by atoms with Crippen LogP contribution >= 0.6 is 0 Å². The predicted molar refractivity (Wildman–Crippen MR) is 102 cm³/mol. The molecule has 25 heavy (non-hydrogen) atoms. The maximum Gasteiger partial charge on any atom is 0.126 e. The molecule has 0 saturated heterocycles. The van der Waals surface area contributed by atoms with Gasteiger partial charge in [-0.05, 0) is 44.5 Å². The fourth-order valence-corrected chi connectivity index (χ4v) is 3.63. The van der Waals surface area contributed by atoms with Gasteiger partial charge in [0.2, 0.25) is 0 Å². The van der Waals surface area contributed by atoms with Crippen LogP contribution in [-0.4, -0.2) is 4.98 Å². The van der Waals surface area contributed by atoms with Crippen molar-refractivity contribution in [3.05, 3.63) is 90.9 Å². The normalized spacial score (nSPS) is 11.4. The number of aromatic nitrogens is 1. The quantitative estimate of drug-likeness (QED) is 0.328. The molecule has 0 amide bonds. The summed E-state index contributed by atoms with van der Waals surface area (Å²) in [7, 11) is 0. The highest BCUT2D eigenvalue weighted by molar-refractivity contribution is 6.25. The number of rotatable bonds is 1. The standard InChI is InChI=1S/C23H14FN/c24-16-11-12-25-23(14-16)15-9-10-21-19-7-2-1-5-17(19)18-6-3-4-8-20(18)22(21)13-15/h1-14H. The van der Waals surface area contributed by atoms with Crippen LogP contribution in [-0.2, 0) is 0 Å². The number of nitrogens with zero attached hydrogens (tertiary/aromatic N) is 1. The van der Waals surface area contributed by atoms with Crippen LogP contribution in [0.3, 0.4) is 0 Å². The molecule has 4 aromatic carbocycles. The third-order valence-corrected chi connectivity index (χ3v) is 4.76. The van der Waals surface area contributed by atoms with Gasteiger partial charge < -0.3 is 0 Å². The molecule has 1 nitrogen and oxygen atoms in total. The summed E-state index contributed by atoms with van der Waals surface area (Å²) in [5.74, 6) is -0.270. The molecule has 2 heteroatoms. The Hall–Kier alpha value is -3.26. The molecule has 1 aromatic heterocycles. The zero-order valence-corrected chi connectivity index (χ0v) is 13.4. The Morgan fingerprint density at radius 3 is 1.72 bits per heavy atom. The topological polar surface area (TPSA) is 12.9 Å². The molecule has 118 valence electrons. The number of fused-ring (bicyclic) bond motifs is 6. The third kappa shape index (κ3) is 2.18. The number of hydrogen-bond acceptors (Lipinski definition) is 1. The second-order valence-electron chi connectivity index (χ2n) is 6.21. The summed E-state index contributed by atoms with van der Waals surface area (Å²) in [6, 6.07) is 26.0. The van der Waals surface area contributed by atoms with Crippen molar-refractivity contribution < 1.29 is 4.39 Å². The van der Waals surface area contributed by atoms with E-state index < -0.39 is 0 Å². The fraction of sp³-hybridized carbons (Fsp3) is 0. The zero-order valence-electron chi connectivity index (χ0n) is 13.4. The van der Waals surface area contributed by atoms with Gasteiger partial charge in [-0.1, -0.05) is 60.7 Å². The molecule has 0 spiro atoms. The Morgan fingerprint density at radius 1 is 0.560 bits per heavy atom. The average molecular weight is 323 g/mol. The molecule has 0 fully saturated rings. The van der Waals surface area contributed by atoms with Gasteiger partial charge in [0.05, 0.1) is 5.69 Å². The Balaban J connectivity index is 1.93. The SMILES string of the molecule is Fc1ccnc(-c2ccc3c4ccccc4c4ccccc4c3c2)c1. The summed E-state index contributed by atoms with van der Waals surface area (Å²) >= 11 is 0. The highest BCUT2D eigenvalue weighted by atomic mass is 19.1. The molecule has 0 N–H and O–H groups in total. The lowest BCUT2D eigenvalue weighted by Gasteiger charge is -2.11. The van der Waals surface area contributed by atoms with Gasteiger partial charge in [0, 0.05) is 17.8 Å². The summed E-state index contributed by atoms with van der Waals surface area (Å²) in [4.78, 5) is 4.32. The van der Waals surface area contributed by atoms with E-state index in [1.54, 1.807) is 0 Å². The third-order valence-electron chi connectivity index (χ3n) is 4.76. The molecule has 0 aliphatic heterocycles. The highest BCUT2D eigenvalue weighted by Crippen LogP contribution is 2.36. The van der Waals surface area contributed by atoms with Gasteiger partial charge in [-0.15, -0.1) is 0 Å². The Kier molecular flexibility index (Phi) is 3.04. The highest BCUT2D eigenvalue weighted by Gasteiger charge is 2.09. The maximum atomic E-state index is 13.6. The molecule has 0 bridgehead atoms. The first-order chi connectivity index (χ1) is 12.3. The van der Waals surface area contributed by atoms with E-state index in [1.807, 2.05) is 6.07 Å². The molecule has 1 heterocycles. The summed E-state index contributed by atoms with van der Waals surface area (Å²) in [6.45, 7) is 0. The Morgan fingerprint density at radius 2 is 1.12 bits per heavy atom. The number of benzene rings is 4. The molecule has 0 aliphatic rings. The Labute approximate surface area is 144 Å². The lowest BCUT2D eigenvalue weighted by atomic mass is 9.93. The smallest absolute Gasteiger partial charge is 0.126 e. The minimum absolute atomic E-state index is 0.270. The van der Waals surface area contributed by atoms with Crippen molar-refractivity contribution in [3.63, 3.8) is 0 Å². The molecular weight excluding hydrogens is 309 g/mol. The first kappa shape index (κ1) is 14.1. The van der Waals surface area contributed by atoms with E-state index in [4.69, 9.17) is 0 Å². The monoisotopic (exact) mass is 323 g/mol. The van der Waals surface area contributed by atoms with Gasteiger partial charge >= 0.3 is 0 Å². The van der Waals surface area contributed by atoms with Gasteiger partial charge in [-0.25, -0.2) is 4.39 Å². The van der Waals surface area contributed by atoms with Gasteiger partial charge in [-0.3, -0.25) is 4.98 Å². The molecular formula is C23H14FN. The van der Waals surface area contributed by atoms with Crippen LogP contribution in [0.2, 0.25) is 0 Å². The van der Waals surface area contributed by atoms with Crippen molar-refractivity contribution in [3.8, 4) is 11.3 Å². The lowest BCUT2D eigenvalue weighted by Crippen LogP contribution is -1.87. The van der Waals surface area contributed by atoms with Crippen molar-refractivity contribution in [2.45, 2.75) is 0 Å². The van der Waals surface area contributed by atoms with Crippen molar-refractivity contribution in [2.75, 3.05) is 0 Å². The summed E-state index contributed by atoms with van der Waals surface area (Å²) < 4.78 is 13.6. The minimum Gasteiger partial charge on any atom is -0.256 e. The van der Waals surface area contributed by atoms with Crippen molar-refractivity contribution >= 4 is 32.3 Å². The molecule has 5 aromatic rings. The molecule has 0 atom stereocenters. The van der Waals surface area contributed by atoms with Crippen LogP contribution in [0.5, 0.6) is 0 Å². The minimum atomic E-state index is -0.270. The van der Waals surface area contributed by atoms with Crippen molar-refractivity contribution in [1.82, 2.24) is 4.98 Å². The van der Waals surface area contributed by atoms with E-state index >= 15 is 0 Å². The summed E-state index contributed by atoms with van der Waals surface area (Å²) in [5, 5.41) is 7.29. The van der Waals surface area contributed by atoms with E-state index in [9.17, 15) is 4.39 Å². The number of halogens is 1. The average Bonchev–Trinajstić information content (AvgIpc) is 2.68. The van der Waals surface area contributed by atoms with Crippen molar-refractivity contribution in [1.29, 1.82) is 0 Å². The zero-order chi connectivity index (χ0) is 16.8. The summed E-state index contributed by atoms with van der Waals surface area (Å²) in [5.41, 5.74) is 1.58. The van der Waals surface area contributed by atoms with Crippen LogP contribution in [0.1, 0.15) is 0 Å². The molecule has 5 rings (SSSR count). The van der Waals surface area contributed by atoms with Crippen LogP contribution < -0.4 is 0 Å². The predicted octanol–water partition coefficient (Wildman–Crippen LogP) is 6.35. The van der Waals surface area contributed by atoms with Crippen LogP contribution in [0.4, 0.5) is 4.39 Å². The lowest BCUT2D eigenvalue weighted by molar-refractivity contribution is 0.626. The van der Waals surface area contributed by atoms with Crippen LogP contribution in [0, 0.1) is 5.82 Å². The second kappa shape index (κ2) is 5.38. The first-order valence-electron chi connectivity index (χ1n) is 8.26. The van der Waals surface area contributed by atoms with Gasteiger partial charge in [0.15, 0.2) is 0 Å². The molecule has 0 saturated carbocycles. The van der Waals surface area contributed by atoms with Crippen LogP contribution in [0.25, 0.3) is 43.6 Å². The fourth-order valence-electron chi connectivity index (χ4n) is 3.63. The van der Waals surface area contributed by atoms with Gasteiger partial charge in [0.25, 0.3) is 0 Å². The summed E-state index contributed by atoms with van der Waals surface area (Å²) in [6.07, 6.45) is 1.51. The maximum absolute atomic E-state index is 13.6. The van der Waals surface area contributed by atoms with Gasteiger partial charge in [-0.2, -0.15) is 0 Å². The van der Waals surface area contributed by atoms with Gasteiger partial charge in [0.1, 0.15) is 5.82 Å². The first-order valence-corrected chi connectivity index (χ1v) is 8.26. The Bertz CT molecular complexity index is 1220. The van der Waals surface area contributed by atoms with E-state index in [-0.39, 0.29) is 5.82 Å². The van der Waals surface area contributed by atoms with E-state index in [1.165, 1.54) is 45.3 Å².